The summed E-state index contributed by atoms with van der Waals surface area (Å²) in [6.07, 6.45) is 5.27. The molecule has 0 radical (unpaired) electrons. The lowest BCUT2D eigenvalue weighted by molar-refractivity contribution is 0.306. The van der Waals surface area contributed by atoms with Crippen molar-refractivity contribution in [1.82, 2.24) is 10.3 Å². The summed E-state index contributed by atoms with van der Waals surface area (Å²) in [6.45, 7) is 1.13. The van der Waals surface area contributed by atoms with Gasteiger partial charge < -0.3 is 10.1 Å². The van der Waals surface area contributed by atoms with Gasteiger partial charge in [0, 0.05) is 24.3 Å². The summed E-state index contributed by atoms with van der Waals surface area (Å²) < 4.78 is 5.18. The van der Waals surface area contributed by atoms with Crippen LogP contribution in [0.25, 0.3) is 5.57 Å². The number of methoxy groups -OCH3 is 1. The van der Waals surface area contributed by atoms with Gasteiger partial charge in [-0.2, -0.15) is 0 Å². The fourth-order valence-electron chi connectivity index (χ4n) is 2.42. The van der Waals surface area contributed by atoms with Crippen LogP contribution in [0, 0.1) is 5.92 Å². The lowest BCUT2D eigenvalue weighted by Crippen LogP contribution is -2.50. The van der Waals surface area contributed by atoms with Crippen LogP contribution in [0.2, 0.25) is 5.15 Å². The Morgan fingerprint density at radius 1 is 1.56 bits per heavy atom. The first-order valence-corrected chi connectivity index (χ1v) is 5.80. The maximum atomic E-state index is 5.91. The van der Waals surface area contributed by atoms with Gasteiger partial charge in [-0.3, -0.25) is 0 Å². The Morgan fingerprint density at radius 2 is 2.44 bits per heavy atom. The topological polar surface area (TPSA) is 34.1 Å². The average molecular weight is 237 g/mol. The summed E-state index contributed by atoms with van der Waals surface area (Å²) in [5, 5.41) is 3.86. The molecule has 3 rings (SSSR count). The van der Waals surface area contributed by atoms with Crippen molar-refractivity contribution in [3.05, 3.63) is 29.1 Å². The summed E-state index contributed by atoms with van der Waals surface area (Å²) in [5.74, 6) is 1.42. The second kappa shape index (κ2) is 3.75. The monoisotopic (exact) mass is 236 g/mol. The number of hydrogen-bond acceptors (Lipinski definition) is 3. The van der Waals surface area contributed by atoms with Gasteiger partial charge in [0.1, 0.15) is 0 Å². The third-order valence-electron chi connectivity index (χ3n) is 3.41. The number of rotatable bonds is 2. The van der Waals surface area contributed by atoms with Gasteiger partial charge >= 0.3 is 0 Å². The molecule has 1 N–H and O–H groups in total. The normalized spacial score (nSPS) is 27.0. The van der Waals surface area contributed by atoms with Gasteiger partial charge in [-0.1, -0.05) is 17.7 Å². The summed E-state index contributed by atoms with van der Waals surface area (Å²) in [6, 6.07) is 2.47. The number of ether oxygens (including phenoxy) is 1. The Labute approximate surface area is 99.5 Å². The molecule has 1 saturated heterocycles. The number of pyridine rings is 1. The van der Waals surface area contributed by atoms with Gasteiger partial charge in [0.2, 0.25) is 0 Å². The molecule has 84 valence electrons. The zero-order chi connectivity index (χ0) is 11.1. The molecule has 4 heteroatoms. The minimum Gasteiger partial charge on any atom is -0.494 e. The van der Waals surface area contributed by atoms with E-state index in [9.17, 15) is 0 Å². The molecule has 0 saturated carbocycles. The lowest BCUT2D eigenvalue weighted by Gasteiger charge is -2.34. The van der Waals surface area contributed by atoms with Crippen molar-refractivity contribution in [3.8, 4) is 5.75 Å². The molecule has 0 aromatic carbocycles. The first kappa shape index (κ1) is 10.1. The maximum Gasteiger partial charge on any atom is 0.171 e. The molecule has 2 atom stereocenters. The zero-order valence-corrected chi connectivity index (χ0v) is 9.79. The molecule has 1 fully saturated rings. The van der Waals surface area contributed by atoms with E-state index >= 15 is 0 Å². The van der Waals surface area contributed by atoms with E-state index in [0.717, 1.165) is 24.4 Å². The van der Waals surface area contributed by atoms with E-state index < -0.39 is 0 Å². The van der Waals surface area contributed by atoms with Crippen molar-refractivity contribution in [2.24, 2.45) is 5.92 Å². The molecule has 3 nitrogen and oxygen atoms in total. The second-order valence-corrected chi connectivity index (χ2v) is 4.62. The molecule has 0 unspecified atom stereocenters. The largest absolute Gasteiger partial charge is 0.494 e. The van der Waals surface area contributed by atoms with Crippen LogP contribution in [0.3, 0.4) is 0 Å². The van der Waals surface area contributed by atoms with E-state index in [4.69, 9.17) is 16.3 Å². The van der Waals surface area contributed by atoms with Gasteiger partial charge in [0.25, 0.3) is 0 Å². The highest BCUT2D eigenvalue weighted by atomic mass is 35.5. The van der Waals surface area contributed by atoms with Crippen LogP contribution in [0.5, 0.6) is 5.75 Å². The van der Waals surface area contributed by atoms with E-state index in [1.165, 1.54) is 5.57 Å². The van der Waals surface area contributed by atoms with Crippen LogP contribution >= 0.6 is 11.6 Å². The number of nitrogens with zero attached hydrogens (tertiary/aromatic N) is 1. The average Bonchev–Trinajstić information content (AvgIpc) is 2.54. The standard InChI is InChI=1S/C12H13ClN2O/c1-16-10-4-8(6-15-12(10)13)9-3-2-7-5-14-11(7)9/h3-4,6-7,11,14H,2,5H2,1H3/t7-,11+/m0/s1. The molecule has 1 aliphatic heterocycles. The van der Waals surface area contributed by atoms with Gasteiger partial charge in [-0.15, -0.1) is 0 Å². The van der Waals surface area contributed by atoms with Crippen molar-refractivity contribution < 1.29 is 4.74 Å². The van der Waals surface area contributed by atoms with Crippen molar-refractivity contribution in [1.29, 1.82) is 0 Å². The van der Waals surface area contributed by atoms with Crippen LogP contribution in [0.4, 0.5) is 0 Å². The molecule has 1 aliphatic carbocycles. The summed E-state index contributed by atoms with van der Waals surface area (Å²) >= 11 is 5.91. The van der Waals surface area contributed by atoms with Gasteiger partial charge in [0.15, 0.2) is 10.9 Å². The summed E-state index contributed by atoms with van der Waals surface area (Å²) in [4.78, 5) is 4.15. The molecule has 2 heterocycles. The molecule has 1 aromatic rings. The third-order valence-corrected chi connectivity index (χ3v) is 3.69. The molecular formula is C12H13ClN2O. The predicted octanol–water partition coefficient (Wildman–Crippen LogP) is 2.12. The van der Waals surface area contributed by atoms with Crippen LogP contribution < -0.4 is 10.1 Å². The molecule has 1 aromatic heterocycles. The van der Waals surface area contributed by atoms with Crippen molar-refractivity contribution in [2.45, 2.75) is 12.5 Å². The Bertz CT molecular complexity index is 458. The number of hydrogen-bond donors (Lipinski definition) is 1. The van der Waals surface area contributed by atoms with Crippen LogP contribution in [-0.2, 0) is 0 Å². The number of aromatic nitrogens is 1. The number of nitrogens with one attached hydrogen (secondary N) is 1. The van der Waals surface area contributed by atoms with Crippen molar-refractivity contribution in [2.75, 3.05) is 13.7 Å². The molecule has 0 spiro atoms. The van der Waals surface area contributed by atoms with Crippen molar-refractivity contribution >= 4 is 17.2 Å². The smallest absolute Gasteiger partial charge is 0.171 e. The van der Waals surface area contributed by atoms with Crippen LogP contribution in [-0.4, -0.2) is 24.7 Å². The quantitative estimate of drug-likeness (QED) is 0.799. The van der Waals surface area contributed by atoms with E-state index in [1.807, 2.05) is 12.3 Å². The highest BCUT2D eigenvalue weighted by Gasteiger charge is 2.37. The van der Waals surface area contributed by atoms with E-state index in [2.05, 4.69) is 16.4 Å². The van der Waals surface area contributed by atoms with Crippen LogP contribution in [0.1, 0.15) is 12.0 Å². The molecule has 0 bridgehead atoms. The second-order valence-electron chi connectivity index (χ2n) is 4.26. The fraction of sp³-hybridized carbons (Fsp3) is 0.417. The molecular weight excluding hydrogens is 224 g/mol. The Balaban J connectivity index is 1.95. The zero-order valence-electron chi connectivity index (χ0n) is 9.03. The number of halogens is 1. The third kappa shape index (κ3) is 1.43. The van der Waals surface area contributed by atoms with E-state index in [1.54, 1.807) is 7.11 Å². The molecule has 2 aliphatic rings. The molecule has 0 amide bonds. The number of allylic oxidation sites excluding steroid dienone is 1. The SMILES string of the molecule is COc1cc(C2=CC[C@H]3CN[C@@H]23)cnc1Cl. The predicted molar refractivity (Wildman–Crippen MR) is 63.7 cm³/mol. The number of fused-ring (bicyclic) bond motifs is 1. The Morgan fingerprint density at radius 3 is 3.06 bits per heavy atom. The van der Waals surface area contributed by atoms with Gasteiger partial charge in [-0.05, 0) is 24.0 Å². The van der Waals surface area contributed by atoms with Crippen LogP contribution in [0.15, 0.2) is 18.3 Å². The lowest BCUT2D eigenvalue weighted by atomic mass is 9.89. The minimum absolute atomic E-state index is 0.419. The summed E-state index contributed by atoms with van der Waals surface area (Å²) in [7, 11) is 1.61. The van der Waals surface area contributed by atoms with Crippen molar-refractivity contribution in [3.63, 3.8) is 0 Å². The summed E-state index contributed by atoms with van der Waals surface area (Å²) in [5.41, 5.74) is 2.44. The Hall–Kier alpha value is -1.06. The first-order valence-electron chi connectivity index (χ1n) is 5.43. The fourth-order valence-corrected chi connectivity index (χ4v) is 2.60. The van der Waals surface area contributed by atoms with Gasteiger partial charge in [-0.25, -0.2) is 4.98 Å². The van der Waals surface area contributed by atoms with E-state index in [-0.39, 0.29) is 0 Å². The first-order chi connectivity index (χ1) is 7.79. The minimum atomic E-state index is 0.419. The highest BCUT2D eigenvalue weighted by Crippen LogP contribution is 2.38. The Kier molecular flexibility index (Phi) is 2.37. The molecule has 16 heavy (non-hydrogen) atoms. The van der Waals surface area contributed by atoms with Gasteiger partial charge in [0.05, 0.1) is 7.11 Å². The van der Waals surface area contributed by atoms with E-state index in [0.29, 0.717) is 16.9 Å². The highest BCUT2D eigenvalue weighted by molar-refractivity contribution is 6.30. The maximum absolute atomic E-state index is 5.91.